The summed E-state index contributed by atoms with van der Waals surface area (Å²) in [6, 6.07) is 2.98. The highest BCUT2D eigenvalue weighted by Crippen LogP contribution is 2.30. The highest BCUT2D eigenvalue weighted by molar-refractivity contribution is 5.74. The number of urea groups is 1. The number of rotatable bonds is 6. The summed E-state index contributed by atoms with van der Waals surface area (Å²) in [7, 11) is 0. The molecule has 3 N–H and O–H groups in total. The number of halogens is 2. The fraction of sp³-hybridized carbons (Fsp3) is 0.562. The summed E-state index contributed by atoms with van der Waals surface area (Å²) >= 11 is 0. The van der Waals surface area contributed by atoms with Crippen molar-refractivity contribution in [3.8, 4) is 0 Å². The van der Waals surface area contributed by atoms with Crippen LogP contribution in [0.1, 0.15) is 31.4 Å². The number of benzene rings is 1. The number of hydrogen-bond donors (Lipinski definition) is 3. The quantitative estimate of drug-likeness (QED) is 0.749. The Bertz CT molecular complexity index is 542. The molecule has 1 heterocycles. The topological polar surface area (TPSA) is 70.6 Å². The smallest absolute Gasteiger partial charge is 0.315 e. The maximum Gasteiger partial charge on any atom is 0.315 e. The standard InChI is InChI=1S/C16H22F2N2O3/c1-10(4-6-21)9-19-16(22)20-14-5-7-23-15(14)11-2-3-12(17)13(18)8-11/h2-3,8,10,14-15,21H,4-7,9H2,1H3,(H2,19,20,22). The molecule has 1 aromatic carbocycles. The van der Waals surface area contributed by atoms with E-state index in [0.717, 1.165) is 12.1 Å². The van der Waals surface area contributed by atoms with Crippen LogP contribution in [0.3, 0.4) is 0 Å². The second-order valence-electron chi connectivity index (χ2n) is 5.83. The highest BCUT2D eigenvalue weighted by atomic mass is 19.2. The van der Waals surface area contributed by atoms with Gasteiger partial charge in [0.15, 0.2) is 11.6 Å². The monoisotopic (exact) mass is 328 g/mol. The van der Waals surface area contributed by atoms with Crippen molar-refractivity contribution >= 4 is 6.03 Å². The number of carbonyl (C=O) groups is 1. The van der Waals surface area contributed by atoms with Crippen LogP contribution in [0.4, 0.5) is 13.6 Å². The van der Waals surface area contributed by atoms with Gasteiger partial charge in [0.1, 0.15) is 6.10 Å². The van der Waals surface area contributed by atoms with Crippen molar-refractivity contribution < 1.29 is 23.4 Å². The van der Waals surface area contributed by atoms with Gasteiger partial charge in [-0.3, -0.25) is 0 Å². The molecule has 5 nitrogen and oxygen atoms in total. The van der Waals surface area contributed by atoms with Crippen molar-refractivity contribution in [3.63, 3.8) is 0 Å². The van der Waals surface area contributed by atoms with Crippen molar-refractivity contribution in [2.24, 2.45) is 5.92 Å². The van der Waals surface area contributed by atoms with Crippen LogP contribution < -0.4 is 10.6 Å². The van der Waals surface area contributed by atoms with E-state index in [9.17, 15) is 13.6 Å². The normalized spacial score (nSPS) is 21.9. The Morgan fingerprint density at radius 1 is 1.43 bits per heavy atom. The Labute approximate surface area is 134 Å². The summed E-state index contributed by atoms with van der Waals surface area (Å²) in [6.45, 7) is 2.91. The van der Waals surface area contributed by atoms with Crippen LogP contribution in [0.25, 0.3) is 0 Å². The van der Waals surface area contributed by atoms with Crippen LogP contribution >= 0.6 is 0 Å². The van der Waals surface area contributed by atoms with E-state index in [-0.39, 0.29) is 24.6 Å². The van der Waals surface area contributed by atoms with Gasteiger partial charge in [0.05, 0.1) is 6.04 Å². The molecule has 1 aliphatic rings. The zero-order valence-corrected chi connectivity index (χ0v) is 13.0. The van der Waals surface area contributed by atoms with Crippen molar-refractivity contribution in [2.45, 2.75) is 31.9 Å². The number of hydrogen-bond acceptors (Lipinski definition) is 3. The summed E-state index contributed by atoms with van der Waals surface area (Å²) in [5.41, 5.74) is 0.500. The van der Waals surface area contributed by atoms with Crippen molar-refractivity contribution in [1.29, 1.82) is 0 Å². The van der Waals surface area contributed by atoms with Gasteiger partial charge in [0, 0.05) is 19.8 Å². The van der Waals surface area contributed by atoms with E-state index in [2.05, 4.69) is 10.6 Å². The molecule has 0 bridgehead atoms. The molecule has 1 saturated heterocycles. The minimum Gasteiger partial charge on any atom is -0.396 e. The molecular formula is C16H22F2N2O3. The molecule has 0 saturated carbocycles. The zero-order chi connectivity index (χ0) is 16.8. The number of amides is 2. The largest absolute Gasteiger partial charge is 0.396 e. The molecule has 2 rings (SSSR count). The Morgan fingerprint density at radius 3 is 2.91 bits per heavy atom. The van der Waals surface area contributed by atoms with Gasteiger partial charge in [0.2, 0.25) is 0 Å². The van der Waals surface area contributed by atoms with Gasteiger partial charge >= 0.3 is 6.03 Å². The second kappa shape index (κ2) is 8.21. The molecule has 0 radical (unpaired) electrons. The van der Waals surface area contributed by atoms with Gasteiger partial charge in [-0.05, 0) is 36.5 Å². The summed E-state index contributed by atoms with van der Waals surface area (Å²) in [5, 5.41) is 14.4. The van der Waals surface area contributed by atoms with E-state index >= 15 is 0 Å². The molecular weight excluding hydrogens is 306 g/mol. The van der Waals surface area contributed by atoms with Crippen LogP contribution in [-0.2, 0) is 4.74 Å². The summed E-state index contributed by atoms with van der Waals surface area (Å²) < 4.78 is 31.9. The lowest BCUT2D eigenvalue weighted by atomic mass is 10.0. The molecule has 7 heteroatoms. The number of ether oxygens (including phenoxy) is 1. The van der Waals surface area contributed by atoms with Crippen LogP contribution in [0.5, 0.6) is 0 Å². The Hall–Kier alpha value is -1.73. The molecule has 23 heavy (non-hydrogen) atoms. The highest BCUT2D eigenvalue weighted by Gasteiger charge is 2.31. The summed E-state index contributed by atoms with van der Waals surface area (Å²) in [6.07, 6.45) is 0.721. The average molecular weight is 328 g/mol. The maximum atomic E-state index is 13.4. The van der Waals surface area contributed by atoms with E-state index < -0.39 is 17.7 Å². The predicted octanol–water partition coefficient (Wildman–Crippen LogP) is 2.11. The molecule has 0 aliphatic carbocycles. The Kier molecular flexibility index (Phi) is 6.29. The lowest BCUT2D eigenvalue weighted by Crippen LogP contribution is -2.44. The van der Waals surface area contributed by atoms with Crippen molar-refractivity contribution in [1.82, 2.24) is 10.6 Å². The Morgan fingerprint density at radius 2 is 2.22 bits per heavy atom. The van der Waals surface area contributed by atoms with Crippen LogP contribution in [0.2, 0.25) is 0 Å². The van der Waals surface area contributed by atoms with Crippen LogP contribution in [-0.4, -0.2) is 36.9 Å². The molecule has 2 amide bonds. The van der Waals surface area contributed by atoms with E-state index in [4.69, 9.17) is 9.84 Å². The first kappa shape index (κ1) is 17.6. The summed E-state index contributed by atoms with van der Waals surface area (Å²) in [4.78, 5) is 11.9. The average Bonchev–Trinajstić information content (AvgIpc) is 2.96. The van der Waals surface area contributed by atoms with Crippen molar-refractivity contribution in [2.75, 3.05) is 19.8 Å². The first-order valence-electron chi connectivity index (χ1n) is 7.73. The SMILES string of the molecule is CC(CCO)CNC(=O)NC1CCOC1c1ccc(F)c(F)c1. The third-order valence-corrected chi connectivity index (χ3v) is 3.91. The maximum absolute atomic E-state index is 13.4. The minimum absolute atomic E-state index is 0.0825. The van der Waals surface area contributed by atoms with Gasteiger partial charge in [0.25, 0.3) is 0 Å². The fourth-order valence-corrected chi connectivity index (χ4v) is 2.56. The van der Waals surface area contributed by atoms with Gasteiger partial charge in [-0.2, -0.15) is 0 Å². The third-order valence-electron chi connectivity index (χ3n) is 3.91. The lowest BCUT2D eigenvalue weighted by Gasteiger charge is -2.21. The van der Waals surface area contributed by atoms with Crippen molar-refractivity contribution in [3.05, 3.63) is 35.4 Å². The molecule has 128 valence electrons. The number of carbonyl (C=O) groups excluding carboxylic acids is 1. The van der Waals surface area contributed by atoms with E-state index in [1.165, 1.54) is 6.07 Å². The molecule has 3 atom stereocenters. The van der Waals surface area contributed by atoms with Gasteiger partial charge in [-0.15, -0.1) is 0 Å². The summed E-state index contributed by atoms with van der Waals surface area (Å²) in [5.74, 6) is -1.67. The molecule has 1 aromatic rings. The van der Waals surface area contributed by atoms with E-state index in [1.807, 2.05) is 6.92 Å². The number of aliphatic hydroxyl groups excluding tert-OH is 1. The fourth-order valence-electron chi connectivity index (χ4n) is 2.56. The third kappa shape index (κ3) is 4.87. The Balaban J connectivity index is 1.91. The first-order chi connectivity index (χ1) is 11.0. The van der Waals surface area contributed by atoms with E-state index in [0.29, 0.717) is 31.6 Å². The molecule has 3 unspecified atom stereocenters. The number of nitrogens with one attached hydrogen (secondary N) is 2. The minimum atomic E-state index is -0.931. The van der Waals surface area contributed by atoms with Crippen LogP contribution in [0, 0.1) is 17.6 Å². The van der Waals surface area contributed by atoms with E-state index in [1.54, 1.807) is 0 Å². The number of aliphatic hydroxyl groups is 1. The molecule has 0 spiro atoms. The molecule has 1 fully saturated rings. The lowest BCUT2D eigenvalue weighted by molar-refractivity contribution is 0.0995. The molecule has 0 aromatic heterocycles. The van der Waals surface area contributed by atoms with Gasteiger partial charge in [-0.1, -0.05) is 13.0 Å². The van der Waals surface area contributed by atoms with Crippen LogP contribution in [0.15, 0.2) is 18.2 Å². The first-order valence-corrected chi connectivity index (χ1v) is 7.73. The zero-order valence-electron chi connectivity index (χ0n) is 13.0. The van der Waals surface area contributed by atoms with Gasteiger partial charge < -0.3 is 20.5 Å². The predicted molar refractivity (Wildman–Crippen MR) is 80.9 cm³/mol. The van der Waals surface area contributed by atoms with Gasteiger partial charge in [-0.25, -0.2) is 13.6 Å². The second-order valence-corrected chi connectivity index (χ2v) is 5.83. The molecule has 1 aliphatic heterocycles.